The molecule has 2 heterocycles. The average molecular weight is 365 g/mol. The summed E-state index contributed by atoms with van der Waals surface area (Å²) in [5.41, 5.74) is 2.14. The predicted molar refractivity (Wildman–Crippen MR) is 93.5 cm³/mol. The minimum atomic E-state index is -0.222. The highest BCUT2D eigenvalue weighted by Crippen LogP contribution is 2.38. The lowest BCUT2D eigenvalue weighted by Crippen LogP contribution is -2.26. The second kappa shape index (κ2) is 7.27. The number of anilines is 1. The molecule has 0 aromatic carbocycles. The average Bonchev–Trinajstić information content (AvgIpc) is 2.91. The van der Waals surface area contributed by atoms with Crippen molar-refractivity contribution < 1.29 is 9.59 Å². The largest absolute Gasteiger partial charge is 0.346 e. The van der Waals surface area contributed by atoms with Crippen LogP contribution in [0.25, 0.3) is 0 Å². The molecule has 0 unspecified atom stereocenters. The van der Waals surface area contributed by atoms with Gasteiger partial charge >= 0.3 is 0 Å². The summed E-state index contributed by atoms with van der Waals surface area (Å²) in [7, 11) is 0. The van der Waals surface area contributed by atoms with E-state index in [1.54, 1.807) is 0 Å². The number of hydrogen-bond acceptors (Lipinski definition) is 5. The van der Waals surface area contributed by atoms with Gasteiger partial charge in [0.1, 0.15) is 5.00 Å². The van der Waals surface area contributed by atoms with Crippen LogP contribution in [0, 0.1) is 0 Å². The maximum atomic E-state index is 12.7. The zero-order chi connectivity index (χ0) is 17.1. The number of thiophene rings is 1. The van der Waals surface area contributed by atoms with Crippen molar-refractivity contribution in [2.75, 3.05) is 5.32 Å². The molecule has 0 saturated carbocycles. The van der Waals surface area contributed by atoms with Crippen molar-refractivity contribution in [2.24, 2.45) is 0 Å². The number of nitrogens with zero attached hydrogens (tertiary/aromatic N) is 2. The van der Waals surface area contributed by atoms with Crippen LogP contribution in [0.15, 0.2) is 12.4 Å². The van der Waals surface area contributed by atoms with Crippen LogP contribution >= 0.6 is 22.9 Å². The van der Waals surface area contributed by atoms with Crippen LogP contribution in [-0.2, 0) is 24.2 Å². The summed E-state index contributed by atoms with van der Waals surface area (Å²) < 4.78 is 0. The molecule has 0 radical (unpaired) electrons. The van der Waals surface area contributed by atoms with Gasteiger partial charge in [-0.3, -0.25) is 14.6 Å². The molecule has 0 aliphatic heterocycles. The van der Waals surface area contributed by atoms with Gasteiger partial charge in [0.25, 0.3) is 5.91 Å². The fourth-order valence-electron chi connectivity index (χ4n) is 2.77. The third kappa shape index (κ3) is 3.57. The Labute approximate surface area is 148 Å². The van der Waals surface area contributed by atoms with Gasteiger partial charge in [-0.15, -0.1) is 11.3 Å². The van der Waals surface area contributed by atoms with Gasteiger partial charge in [0.05, 0.1) is 17.8 Å². The molecule has 126 valence electrons. The van der Waals surface area contributed by atoms with E-state index in [1.165, 1.54) is 35.5 Å². The third-order valence-electron chi connectivity index (χ3n) is 3.83. The highest BCUT2D eigenvalue weighted by atomic mass is 35.5. The Morgan fingerprint density at radius 3 is 2.75 bits per heavy atom. The van der Waals surface area contributed by atoms with Gasteiger partial charge in [0, 0.05) is 24.2 Å². The number of amides is 2. The zero-order valence-corrected chi connectivity index (χ0v) is 14.8. The van der Waals surface area contributed by atoms with Crippen molar-refractivity contribution in [1.82, 2.24) is 15.3 Å². The van der Waals surface area contributed by atoms with Crippen LogP contribution in [0.3, 0.4) is 0 Å². The first-order valence-corrected chi connectivity index (χ1v) is 8.91. The van der Waals surface area contributed by atoms with Crippen molar-refractivity contribution in [2.45, 2.75) is 39.2 Å². The Morgan fingerprint density at radius 1 is 1.25 bits per heavy atom. The quantitative estimate of drug-likeness (QED) is 0.873. The van der Waals surface area contributed by atoms with E-state index >= 15 is 0 Å². The number of halogens is 1. The molecule has 2 aromatic rings. The predicted octanol–water partition coefficient (Wildman–Crippen LogP) is 2.96. The van der Waals surface area contributed by atoms with Gasteiger partial charge < -0.3 is 10.6 Å². The molecule has 24 heavy (non-hydrogen) atoms. The molecule has 1 aliphatic rings. The first kappa shape index (κ1) is 16.9. The molecule has 1 aliphatic carbocycles. The standard InChI is InChI=1S/C16H17ClN4O2S/c1-9(22)21-16-13(10-4-2-3-5-12(10)24-16)15(23)20-8-11-14(17)19-7-6-18-11/h6-7H,2-5,8H2,1H3,(H,20,23)(H,21,22). The summed E-state index contributed by atoms with van der Waals surface area (Å²) in [6.45, 7) is 1.63. The van der Waals surface area contributed by atoms with Gasteiger partial charge in [-0.25, -0.2) is 4.98 Å². The fraction of sp³-hybridized carbons (Fsp3) is 0.375. The second-order valence-corrected chi connectivity index (χ2v) is 7.04. The highest BCUT2D eigenvalue weighted by molar-refractivity contribution is 7.17. The summed E-state index contributed by atoms with van der Waals surface area (Å²) in [6.07, 6.45) is 7.01. The van der Waals surface area contributed by atoms with E-state index < -0.39 is 0 Å². The number of rotatable bonds is 4. The molecule has 0 fully saturated rings. The molecular formula is C16H17ClN4O2S. The number of carbonyl (C=O) groups is 2. The molecule has 0 saturated heterocycles. The number of hydrogen-bond donors (Lipinski definition) is 2. The van der Waals surface area contributed by atoms with Crippen molar-refractivity contribution in [3.05, 3.63) is 39.2 Å². The second-order valence-electron chi connectivity index (χ2n) is 5.57. The molecule has 2 amide bonds. The normalized spacial score (nSPS) is 13.2. The Bertz CT molecular complexity index is 790. The maximum Gasteiger partial charge on any atom is 0.254 e. The number of aromatic nitrogens is 2. The number of carbonyl (C=O) groups excluding carboxylic acids is 2. The molecule has 3 rings (SSSR count). The smallest absolute Gasteiger partial charge is 0.254 e. The van der Waals surface area contributed by atoms with E-state index in [0.29, 0.717) is 16.3 Å². The third-order valence-corrected chi connectivity index (χ3v) is 5.35. The summed E-state index contributed by atoms with van der Waals surface area (Å²) in [5, 5.41) is 6.51. The van der Waals surface area contributed by atoms with Gasteiger partial charge in [0.2, 0.25) is 5.91 Å². The molecule has 6 nitrogen and oxygen atoms in total. The SMILES string of the molecule is CC(=O)Nc1sc2c(c1C(=O)NCc1nccnc1Cl)CCCC2. The van der Waals surface area contributed by atoms with Gasteiger partial charge in [-0.1, -0.05) is 11.6 Å². The summed E-state index contributed by atoms with van der Waals surface area (Å²) in [6, 6.07) is 0. The number of aryl methyl sites for hydroxylation is 1. The van der Waals surface area contributed by atoms with Crippen molar-refractivity contribution >= 4 is 39.8 Å². The Kier molecular flexibility index (Phi) is 5.11. The van der Waals surface area contributed by atoms with E-state index in [4.69, 9.17) is 11.6 Å². The molecule has 8 heteroatoms. The van der Waals surface area contributed by atoms with Crippen molar-refractivity contribution in [1.29, 1.82) is 0 Å². The lowest BCUT2D eigenvalue weighted by molar-refractivity contribution is -0.114. The highest BCUT2D eigenvalue weighted by Gasteiger charge is 2.26. The van der Waals surface area contributed by atoms with E-state index in [1.807, 2.05) is 0 Å². The maximum absolute atomic E-state index is 12.7. The van der Waals surface area contributed by atoms with Crippen LogP contribution in [0.1, 0.15) is 46.3 Å². The molecule has 0 spiro atoms. The molecular weight excluding hydrogens is 348 g/mol. The van der Waals surface area contributed by atoms with E-state index in [2.05, 4.69) is 20.6 Å². The minimum Gasteiger partial charge on any atom is -0.346 e. The van der Waals surface area contributed by atoms with E-state index in [-0.39, 0.29) is 23.5 Å². The number of nitrogens with one attached hydrogen (secondary N) is 2. The first-order chi connectivity index (χ1) is 11.6. The van der Waals surface area contributed by atoms with Crippen molar-refractivity contribution in [3.8, 4) is 0 Å². The van der Waals surface area contributed by atoms with Gasteiger partial charge in [-0.2, -0.15) is 0 Å². The molecule has 0 atom stereocenters. The van der Waals surface area contributed by atoms with Crippen LogP contribution in [0.2, 0.25) is 5.15 Å². The van der Waals surface area contributed by atoms with Crippen LogP contribution in [0.5, 0.6) is 0 Å². The zero-order valence-electron chi connectivity index (χ0n) is 13.2. The summed E-state index contributed by atoms with van der Waals surface area (Å²) in [4.78, 5) is 33.4. The van der Waals surface area contributed by atoms with E-state index in [0.717, 1.165) is 31.2 Å². The Balaban J connectivity index is 1.84. The van der Waals surface area contributed by atoms with Gasteiger partial charge in [-0.05, 0) is 31.2 Å². The molecule has 0 bridgehead atoms. The monoisotopic (exact) mass is 364 g/mol. The van der Waals surface area contributed by atoms with Crippen molar-refractivity contribution in [3.63, 3.8) is 0 Å². The topological polar surface area (TPSA) is 84.0 Å². The molecule has 2 aromatic heterocycles. The summed E-state index contributed by atoms with van der Waals surface area (Å²) >= 11 is 7.46. The fourth-order valence-corrected chi connectivity index (χ4v) is 4.28. The van der Waals surface area contributed by atoms with E-state index in [9.17, 15) is 9.59 Å². The Hall–Kier alpha value is -1.99. The van der Waals surface area contributed by atoms with Crippen LogP contribution in [0.4, 0.5) is 5.00 Å². The summed E-state index contributed by atoms with van der Waals surface area (Å²) in [5.74, 6) is -0.403. The van der Waals surface area contributed by atoms with Gasteiger partial charge in [0.15, 0.2) is 5.15 Å². The molecule has 2 N–H and O–H groups in total. The minimum absolute atomic E-state index is 0.181. The lowest BCUT2D eigenvalue weighted by atomic mass is 9.95. The number of fused-ring (bicyclic) bond motifs is 1. The van der Waals surface area contributed by atoms with Crippen LogP contribution in [-0.4, -0.2) is 21.8 Å². The lowest BCUT2D eigenvalue weighted by Gasteiger charge is -2.13. The Morgan fingerprint density at radius 2 is 2.00 bits per heavy atom. The first-order valence-electron chi connectivity index (χ1n) is 7.72. The van der Waals surface area contributed by atoms with Crippen LogP contribution < -0.4 is 10.6 Å².